The van der Waals surface area contributed by atoms with Gasteiger partial charge in [-0.05, 0) is 37.7 Å². The van der Waals surface area contributed by atoms with E-state index in [4.69, 9.17) is 20.9 Å². The van der Waals surface area contributed by atoms with E-state index in [9.17, 15) is 18.0 Å². The Morgan fingerprint density at radius 2 is 1.97 bits per heavy atom. The molecule has 4 rings (SSSR count). The predicted molar refractivity (Wildman–Crippen MR) is 107 cm³/mol. The molecule has 12 heteroatoms. The number of hydrogen-bond donors (Lipinski definition) is 3. The lowest BCUT2D eigenvalue weighted by Gasteiger charge is -2.29. The highest BCUT2D eigenvalue weighted by Crippen LogP contribution is 2.37. The number of imidazole rings is 1. The van der Waals surface area contributed by atoms with Gasteiger partial charge in [-0.15, -0.1) is 0 Å². The third kappa shape index (κ3) is 4.99. The largest absolute Gasteiger partial charge is 0.490 e. The summed E-state index contributed by atoms with van der Waals surface area (Å²) in [6.07, 6.45) is 3.29. The van der Waals surface area contributed by atoms with Gasteiger partial charge >= 0.3 is 12.1 Å². The number of nitrogens with two attached hydrogens (primary N) is 1. The zero-order valence-corrected chi connectivity index (χ0v) is 16.9. The van der Waals surface area contributed by atoms with E-state index in [1.54, 1.807) is 6.20 Å². The second kappa shape index (κ2) is 9.25. The molecule has 1 aliphatic carbocycles. The molecule has 1 amide bonds. The van der Waals surface area contributed by atoms with Crippen molar-refractivity contribution in [2.24, 2.45) is 11.7 Å². The first kappa shape index (κ1) is 23.1. The van der Waals surface area contributed by atoms with Crippen molar-refractivity contribution in [2.45, 2.75) is 50.7 Å². The highest BCUT2D eigenvalue weighted by Gasteiger charge is 2.38. The molecule has 1 fully saturated rings. The van der Waals surface area contributed by atoms with Crippen LogP contribution >= 0.6 is 0 Å². The van der Waals surface area contributed by atoms with Gasteiger partial charge in [0.2, 0.25) is 5.91 Å². The number of H-pyrrole nitrogens is 1. The first-order valence-electron chi connectivity index (χ1n) is 9.90. The zero-order valence-electron chi connectivity index (χ0n) is 16.9. The number of aromatic amines is 1. The molecule has 0 atom stereocenters. The lowest BCUT2D eigenvalue weighted by atomic mass is 9.84. The maximum Gasteiger partial charge on any atom is 0.490 e. The van der Waals surface area contributed by atoms with Gasteiger partial charge < -0.3 is 20.4 Å². The highest BCUT2D eigenvalue weighted by atomic mass is 19.4. The minimum atomic E-state index is -5.08. The minimum Gasteiger partial charge on any atom is -0.475 e. The van der Waals surface area contributed by atoms with Crippen molar-refractivity contribution in [3.05, 3.63) is 24.3 Å². The lowest BCUT2D eigenvalue weighted by molar-refractivity contribution is -0.192. The molecule has 0 aliphatic heterocycles. The molecule has 170 valence electrons. The number of nitrogens with one attached hydrogen (secondary N) is 1. The third-order valence-electron chi connectivity index (χ3n) is 5.44. The lowest BCUT2D eigenvalue weighted by Crippen LogP contribution is -2.23. The van der Waals surface area contributed by atoms with Crippen LogP contribution in [0.2, 0.25) is 0 Å². The van der Waals surface area contributed by atoms with Gasteiger partial charge in [-0.3, -0.25) is 4.79 Å². The molecule has 3 heterocycles. The summed E-state index contributed by atoms with van der Waals surface area (Å²) in [6, 6.07) is 4.55. The molecule has 3 aromatic heterocycles. The summed E-state index contributed by atoms with van der Waals surface area (Å²) in [5.41, 5.74) is 8.08. The van der Waals surface area contributed by atoms with Crippen LogP contribution in [0.4, 0.5) is 13.2 Å². The fourth-order valence-electron chi connectivity index (χ4n) is 4.05. The highest BCUT2D eigenvalue weighted by molar-refractivity contribution is 6.01. The first-order valence-corrected chi connectivity index (χ1v) is 9.90. The number of nitriles is 1. The van der Waals surface area contributed by atoms with Crippen LogP contribution in [0.3, 0.4) is 0 Å². The number of primary amides is 1. The van der Waals surface area contributed by atoms with E-state index in [-0.39, 0.29) is 18.4 Å². The minimum absolute atomic E-state index is 0.124. The average Bonchev–Trinajstić information content (AvgIpc) is 3.32. The van der Waals surface area contributed by atoms with E-state index in [1.165, 1.54) is 0 Å². The Kier molecular flexibility index (Phi) is 6.67. The van der Waals surface area contributed by atoms with Gasteiger partial charge in [0.15, 0.2) is 0 Å². The molecule has 32 heavy (non-hydrogen) atoms. The molecule has 1 saturated carbocycles. The second-order valence-corrected chi connectivity index (χ2v) is 7.61. The quantitative estimate of drug-likeness (QED) is 0.555. The Morgan fingerprint density at radius 1 is 1.31 bits per heavy atom. The van der Waals surface area contributed by atoms with Gasteiger partial charge in [-0.2, -0.15) is 18.4 Å². The van der Waals surface area contributed by atoms with E-state index < -0.39 is 12.1 Å². The summed E-state index contributed by atoms with van der Waals surface area (Å²) in [4.78, 5) is 32.6. The van der Waals surface area contributed by atoms with Crippen LogP contribution in [0.25, 0.3) is 22.1 Å². The monoisotopic (exact) mass is 450 g/mol. The predicted octanol–water partition coefficient (Wildman–Crippen LogP) is 3.22. The number of hydrogen-bond acceptors (Lipinski definition) is 5. The van der Waals surface area contributed by atoms with Crippen LogP contribution in [0.1, 0.15) is 44.0 Å². The number of carbonyl (C=O) groups is 2. The fraction of sp³-hybridized carbons (Fsp3) is 0.450. The SMILES string of the molecule is N#CCC1CCC(n2c(CC(N)=O)nc3cnc4[nH]ccc4c32)CC1.O=C(O)C(F)(F)F. The Hall–Kier alpha value is -3.62. The van der Waals surface area contributed by atoms with Crippen molar-refractivity contribution >= 4 is 33.9 Å². The van der Waals surface area contributed by atoms with Gasteiger partial charge in [0, 0.05) is 24.0 Å². The third-order valence-corrected chi connectivity index (χ3v) is 5.44. The number of alkyl halides is 3. The number of amides is 1. The molecule has 0 radical (unpaired) electrons. The van der Waals surface area contributed by atoms with Crippen molar-refractivity contribution in [3.8, 4) is 6.07 Å². The smallest absolute Gasteiger partial charge is 0.475 e. The summed E-state index contributed by atoms with van der Waals surface area (Å²) < 4.78 is 33.9. The number of halogens is 3. The molecule has 4 N–H and O–H groups in total. The summed E-state index contributed by atoms with van der Waals surface area (Å²) in [6.45, 7) is 0. The molecule has 0 aromatic carbocycles. The van der Waals surface area contributed by atoms with Crippen molar-refractivity contribution in [2.75, 3.05) is 0 Å². The molecule has 3 aromatic rings. The van der Waals surface area contributed by atoms with E-state index in [0.717, 1.165) is 47.8 Å². The Morgan fingerprint density at radius 3 is 2.53 bits per heavy atom. The van der Waals surface area contributed by atoms with Crippen LogP contribution in [0, 0.1) is 17.2 Å². The van der Waals surface area contributed by atoms with Crippen LogP contribution in [-0.4, -0.2) is 42.7 Å². The number of aliphatic carboxylic acids is 1. The molecule has 0 saturated heterocycles. The van der Waals surface area contributed by atoms with Crippen LogP contribution in [-0.2, 0) is 16.0 Å². The van der Waals surface area contributed by atoms with Crippen molar-refractivity contribution < 1.29 is 27.9 Å². The Labute approximate surface area is 180 Å². The van der Waals surface area contributed by atoms with Gasteiger partial charge in [-0.1, -0.05) is 0 Å². The van der Waals surface area contributed by atoms with E-state index in [1.807, 2.05) is 12.3 Å². The van der Waals surface area contributed by atoms with Crippen molar-refractivity contribution in [1.82, 2.24) is 19.5 Å². The normalized spacial score (nSPS) is 18.7. The number of pyridine rings is 1. The zero-order chi connectivity index (χ0) is 23.5. The molecule has 0 bridgehead atoms. The molecule has 0 spiro atoms. The average molecular weight is 450 g/mol. The molecular formula is C20H21F3N6O3. The van der Waals surface area contributed by atoms with Gasteiger partial charge in [-0.25, -0.2) is 14.8 Å². The first-order chi connectivity index (χ1) is 15.1. The van der Waals surface area contributed by atoms with Crippen molar-refractivity contribution in [3.63, 3.8) is 0 Å². The number of rotatable bonds is 4. The standard InChI is InChI=1S/C18H20N6O.C2HF3O2/c19-7-5-11-1-3-12(4-2-11)24-16(9-15(20)25)23-14-10-22-18-13(17(14)24)6-8-21-18;3-2(4,5)1(6)7/h6,8,10-12H,1-5,9H2,(H2,20,25)(H,21,22);(H,6,7). The summed E-state index contributed by atoms with van der Waals surface area (Å²) in [5.74, 6) is -1.95. The Balaban J connectivity index is 0.000000360. The number of aromatic nitrogens is 4. The van der Waals surface area contributed by atoms with E-state index in [2.05, 4.69) is 25.6 Å². The Bertz CT molecular complexity index is 1170. The fourth-order valence-corrected chi connectivity index (χ4v) is 4.05. The molecular weight excluding hydrogens is 429 g/mol. The molecule has 1 aliphatic rings. The van der Waals surface area contributed by atoms with Crippen LogP contribution < -0.4 is 5.73 Å². The van der Waals surface area contributed by atoms with E-state index in [0.29, 0.717) is 18.2 Å². The summed E-state index contributed by atoms with van der Waals surface area (Å²) >= 11 is 0. The van der Waals surface area contributed by atoms with E-state index >= 15 is 0 Å². The molecule has 9 nitrogen and oxygen atoms in total. The molecule has 0 unspecified atom stereocenters. The van der Waals surface area contributed by atoms with Gasteiger partial charge in [0.05, 0.1) is 24.2 Å². The maximum absolute atomic E-state index is 11.5. The number of carboxylic acids is 1. The van der Waals surface area contributed by atoms with Gasteiger partial charge in [0.1, 0.15) is 17.0 Å². The van der Waals surface area contributed by atoms with Gasteiger partial charge in [0.25, 0.3) is 0 Å². The van der Waals surface area contributed by atoms with Crippen LogP contribution in [0.15, 0.2) is 18.5 Å². The number of fused-ring (bicyclic) bond motifs is 3. The number of nitrogens with zero attached hydrogens (tertiary/aromatic N) is 4. The second-order valence-electron chi connectivity index (χ2n) is 7.61. The maximum atomic E-state index is 11.5. The summed E-state index contributed by atoms with van der Waals surface area (Å²) in [5, 5.41) is 17.1. The topological polar surface area (TPSA) is 151 Å². The number of carbonyl (C=O) groups excluding carboxylic acids is 1. The summed E-state index contributed by atoms with van der Waals surface area (Å²) in [7, 11) is 0. The van der Waals surface area contributed by atoms with Crippen molar-refractivity contribution in [1.29, 1.82) is 5.26 Å². The number of carboxylic acid groups (broad SMARTS) is 1. The van der Waals surface area contributed by atoms with Crippen LogP contribution in [0.5, 0.6) is 0 Å².